The summed E-state index contributed by atoms with van der Waals surface area (Å²) in [5, 5.41) is 24.1. The number of aromatic nitrogens is 1. The molecular weight excluding hydrogens is 589 g/mol. The summed E-state index contributed by atoms with van der Waals surface area (Å²) in [7, 11) is 0. The van der Waals surface area contributed by atoms with Crippen molar-refractivity contribution in [2.75, 3.05) is 23.9 Å². The van der Waals surface area contributed by atoms with Crippen LogP contribution in [0.2, 0.25) is 10.0 Å². The first-order chi connectivity index (χ1) is 18.3. The molecule has 2 N–H and O–H groups in total. The van der Waals surface area contributed by atoms with Crippen molar-refractivity contribution in [3.63, 3.8) is 0 Å². The molecule has 0 aliphatic carbocycles. The summed E-state index contributed by atoms with van der Waals surface area (Å²) >= 11 is 16.2. The highest BCUT2D eigenvalue weighted by Gasteiger charge is 2.52. The first-order valence-electron chi connectivity index (χ1n) is 11.8. The van der Waals surface area contributed by atoms with Crippen molar-refractivity contribution in [3.05, 3.63) is 64.0 Å². The van der Waals surface area contributed by atoms with Gasteiger partial charge in [0.2, 0.25) is 5.91 Å². The number of thioether (sulfide) groups is 3. The molecule has 0 spiro atoms. The van der Waals surface area contributed by atoms with E-state index < -0.39 is 23.3 Å². The van der Waals surface area contributed by atoms with Gasteiger partial charge in [-0.3, -0.25) is 14.5 Å². The third-order valence-electron chi connectivity index (χ3n) is 5.91. The summed E-state index contributed by atoms with van der Waals surface area (Å²) in [5.41, 5.74) is 0.507. The van der Waals surface area contributed by atoms with Crippen LogP contribution in [0.15, 0.2) is 63.8 Å². The van der Waals surface area contributed by atoms with E-state index >= 15 is 0 Å². The molecule has 0 unspecified atom stereocenters. The van der Waals surface area contributed by atoms with E-state index in [0.29, 0.717) is 32.0 Å². The van der Waals surface area contributed by atoms with Gasteiger partial charge in [0.1, 0.15) is 18.0 Å². The van der Waals surface area contributed by atoms with Crippen LogP contribution in [-0.2, 0) is 20.9 Å². The Kier molecular flexibility index (Phi) is 10.3. The quantitative estimate of drug-likeness (QED) is 0.162. The molecule has 0 saturated carbocycles. The number of β-lactam (4-membered cyclic amide) rings is 1. The van der Waals surface area contributed by atoms with E-state index in [1.165, 1.54) is 40.2 Å². The van der Waals surface area contributed by atoms with Crippen molar-refractivity contribution in [2.45, 2.75) is 40.6 Å². The maximum absolute atomic E-state index is 12.9. The minimum atomic E-state index is -1.40. The molecule has 2 atom stereocenters. The number of carbonyl (C=O) groups excluding carboxylic acids is 3. The number of nitrogens with zero attached hydrogens (tertiary/aromatic N) is 2. The number of halogens is 2. The molecule has 2 aliphatic rings. The maximum Gasteiger partial charge on any atom is 0.253 e. The number of aliphatic hydroxyl groups excluding tert-OH is 1. The Morgan fingerprint density at radius 3 is 2.66 bits per heavy atom. The van der Waals surface area contributed by atoms with Crippen LogP contribution in [0.5, 0.6) is 0 Å². The van der Waals surface area contributed by atoms with Gasteiger partial charge in [0.15, 0.2) is 12.4 Å². The number of pyridine rings is 1. The average molecular weight is 615 g/mol. The van der Waals surface area contributed by atoms with E-state index in [-0.39, 0.29) is 24.0 Å². The number of hydrogen-bond donors (Lipinski definition) is 2. The van der Waals surface area contributed by atoms with E-state index in [1.54, 1.807) is 18.2 Å². The number of rotatable bonds is 12. The predicted molar refractivity (Wildman–Crippen MR) is 148 cm³/mol. The number of carboxylic acid groups (broad SMARTS) is 1. The number of nitrogens with one attached hydrogen (secondary N) is 1. The Morgan fingerprint density at radius 1 is 1.18 bits per heavy atom. The molecule has 2 aliphatic heterocycles. The standard InChI is InChI=1S/C25H25Cl2N3O5S3/c26-16-3-4-18(27)19(11-16)37-14-20(32)28-21-23(33)30-22(25(34)35)15(13-38-24(21)30)12-36-17-5-8-29(9-6-17)7-1-2-10-31/h3-6,8-9,11,21,24,31H,1-2,7,10,12-14H2,(H-,28,32,34,35)/t21-,24-/m1/s1. The lowest BCUT2D eigenvalue weighted by atomic mass is 10.0. The largest absolute Gasteiger partial charge is 0.543 e. The van der Waals surface area contributed by atoms with Gasteiger partial charge in [-0.2, -0.15) is 0 Å². The second-order valence-corrected chi connectivity index (χ2v) is 12.6. The third-order valence-corrected chi connectivity index (χ3v) is 10.1. The summed E-state index contributed by atoms with van der Waals surface area (Å²) in [6.07, 6.45) is 5.53. The van der Waals surface area contributed by atoms with Crippen molar-refractivity contribution in [1.82, 2.24) is 10.2 Å². The monoisotopic (exact) mass is 613 g/mol. The number of carboxylic acids is 1. The van der Waals surface area contributed by atoms with Crippen LogP contribution >= 0.6 is 58.5 Å². The zero-order valence-electron chi connectivity index (χ0n) is 20.1. The van der Waals surface area contributed by atoms with Gasteiger partial charge in [0, 0.05) is 51.5 Å². The SMILES string of the molecule is O=C(CSc1cc(Cl)ccc1Cl)N[C@@H]1C(=O)N2C(C(=O)[O-])=C(CSc3cc[n+](CCCCO)cc3)CS[C@H]12. The van der Waals surface area contributed by atoms with Crippen molar-refractivity contribution in [1.29, 1.82) is 0 Å². The van der Waals surface area contributed by atoms with Crippen molar-refractivity contribution < 1.29 is 29.2 Å². The van der Waals surface area contributed by atoms with Gasteiger partial charge in [0.25, 0.3) is 5.91 Å². The van der Waals surface area contributed by atoms with Crippen LogP contribution in [0, 0.1) is 0 Å². The molecule has 4 rings (SSSR count). The number of hydrogen-bond acceptors (Lipinski definition) is 8. The van der Waals surface area contributed by atoms with Crippen LogP contribution in [0.4, 0.5) is 0 Å². The number of fused-ring (bicyclic) bond motifs is 1. The zero-order valence-corrected chi connectivity index (χ0v) is 24.1. The number of aliphatic hydroxyl groups is 1. The molecular formula is C25H25Cl2N3O5S3. The Labute approximate surface area is 243 Å². The van der Waals surface area contributed by atoms with Crippen molar-refractivity contribution >= 4 is 76.3 Å². The molecule has 202 valence electrons. The molecule has 2 amide bonds. The lowest BCUT2D eigenvalue weighted by Gasteiger charge is -2.50. The Hall–Kier alpha value is -1.89. The Balaban J connectivity index is 1.34. The molecule has 1 saturated heterocycles. The number of aliphatic carboxylic acids is 1. The fourth-order valence-corrected chi connectivity index (χ4v) is 7.67. The van der Waals surface area contributed by atoms with Crippen LogP contribution in [0.1, 0.15) is 12.8 Å². The van der Waals surface area contributed by atoms with E-state index in [0.717, 1.165) is 24.3 Å². The van der Waals surface area contributed by atoms with Gasteiger partial charge < -0.3 is 20.3 Å². The summed E-state index contributed by atoms with van der Waals surface area (Å²) in [6.45, 7) is 0.986. The topological polar surface area (TPSA) is 114 Å². The average Bonchev–Trinajstić information content (AvgIpc) is 2.91. The molecule has 1 aromatic carbocycles. The first-order valence-corrected chi connectivity index (χ1v) is 15.5. The normalized spacial score (nSPS) is 18.7. The number of unbranched alkanes of at least 4 members (excludes halogenated alkanes) is 1. The fourth-order valence-electron chi connectivity index (χ4n) is 3.99. The summed E-state index contributed by atoms with van der Waals surface area (Å²) < 4.78 is 2.03. The van der Waals surface area contributed by atoms with Gasteiger partial charge in [-0.15, -0.1) is 35.3 Å². The van der Waals surface area contributed by atoms with Crippen molar-refractivity contribution in [2.24, 2.45) is 0 Å². The lowest BCUT2D eigenvalue weighted by Crippen LogP contribution is -2.71. The Morgan fingerprint density at radius 2 is 1.95 bits per heavy atom. The molecule has 1 aromatic heterocycles. The molecule has 2 aromatic rings. The second kappa shape index (κ2) is 13.5. The van der Waals surface area contributed by atoms with Crippen LogP contribution in [0.3, 0.4) is 0 Å². The summed E-state index contributed by atoms with van der Waals surface area (Å²) in [4.78, 5) is 40.3. The summed E-state index contributed by atoms with van der Waals surface area (Å²) in [5.74, 6) is -1.38. The predicted octanol–water partition coefficient (Wildman–Crippen LogP) is 2.34. The van der Waals surface area contributed by atoms with E-state index in [1.807, 2.05) is 29.1 Å². The van der Waals surface area contributed by atoms with Crippen LogP contribution < -0.4 is 15.0 Å². The van der Waals surface area contributed by atoms with Gasteiger partial charge in [-0.1, -0.05) is 23.2 Å². The summed E-state index contributed by atoms with van der Waals surface area (Å²) in [6, 6.07) is 8.07. The second-order valence-electron chi connectivity index (χ2n) is 8.55. The fraction of sp³-hybridized carbons (Fsp3) is 0.360. The van der Waals surface area contributed by atoms with Crippen LogP contribution in [0.25, 0.3) is 0 Å². The van der Waals surface area contributed by atoms with Gasteiger partial charge in [0.05, 0.1) is 22.4 Å². The number of aryl methyl sites for hydroxylation is 1. The minimum absolute atomic E-state index is 0.0326. The molecule has 0 radical (unpaired) electrons. The van der Waals surface area contributed by atoms with Gasteiger partial charge in [-0.25, -0.2) is 4.57 Å². The highest BCUT2D eigenvalue weighted by Crippen LogP contribution is 2.41. The Bertz CT molecular complexity index is 1250. The number of benzene rings is 1. The highest BCUT2D eigenvalue weighted by molar-refractivity contribution is 8.01. The first kappa shape index (κ1) is 29.1. The smallest absolute Gasteiger partial charge is 0.253 e. The zero-order chi connectivity index (χ0) is 27.2. The molecule has 8 nitrogen and oxygen atoms in total. The van der Waals surface area contributed by atoms with Gasteiger partial charge >= 0.3 is 0 Å². The van der Waals surface area contributed by atoms with Crippen LogP contribution in [-0.4, -0.2) is 63.1 Å². The van der Waals surface area contributed by atoms with E-state index in [9.17, 15) is 19.5 Å². The minimum Gasteiger partial charge on any atom is -0.543 e. The molecule has 13 heteroatoms. The number of carbonyl (C=O) groups is 3. The van der Waals surface area contributed by atoms with Gasteiger partial charge in [-0.05, 0) is 30.2 Å². The maximum atomic E-state index is 12.9. The van der Waals surface area contributed by atoms with E-state index in [2.05, 4.69) is 5.32 Å². The molecule has 3 heterocycles. The number of amides is 2. The molecule has 0 bridgehead atoms. The van der Waals surface area contributed by atoms with E-state index in [4.69, 9.17) is 28.3 Å². The molecule has 38 heavy (non-hydrogen) atoms. The highest BCUT2D eigenvalue weighted by atomic mass is 35.5. The third kappa shape index (κ3) is 7.00. The lowest BCUT2D eigenvalue weighted by molar-refractivity contribution is -0.697. The van der Waals surface area contributed by atoms with Crippen molar-refractivity contribution in [3.8, 4) is 0 Å². The molecule has 1 fully saturated rings.